The van der Waals surface area contributed by atoms with Gasteiger partial charge in [-0.3, -0.25) is 0 Å². The zero-order valence-corrected chi connectivity index (χ0v) is 13.5. The molecule has 1 aliphatic rings. The van der Waals surface area contributed by atoms with E-state index < -0.39 is 17.5 Å². The van der Waals surface area contributed by atoms with Gasteiger partial charge in [-0.1, -0.05) is 35.7 Å². The molecule has 2 amide bonds. The van der Waals surface area contributed by atoms with Crippen molar-refractivity contribution in [2.75, 3.05) is 5.32 Å². The number of rotatable bonds is 4. The van der Waals surface area contributed by atoms with Crippen molar-refractivity contribution in [2.24, 2.45) is 0 Å². The first-order chi connectivity index (χ1) is 9.97. The average Bonchev–Trinajstić information content (AvgIpc) is 2.90. The predicted molar refractivity (Wildman–Crippen MR) is 84.5 cm³/mol. The summed E-state index contributed by atoms with van der Waals surface area (Å²) in [6.45, 7) is 2.00. The van der Waals surface area contributed by atoms with E-state index in [1.165, 1.54) is 0 Å². The van der Waals surface area contributed by atoms with Gasteiger partial charge in [-0.05, 0) is 43.0 Å². The maximum atomic E-state index is 12.1. The van der Waals surface area contributed by atoms with Crippen LogP contribution in [0.3, 0.4) is 0 Å². The van der Waals surface area contributed by atoms with Crippen LogP contribution in [0.2, 0.25) is 0 Å². The van der Waals surface area contributed by atoms with Crippen LogP contribution in [0.15, 0.2) is 22.7 Å². The van der Waals surface area contributed by atoms with Gasteiger partial charge in [0.15, 0.2) is 0 Å². The highest BCUT2D eigenvalue weighted by Gasteiger charge is 2.42. The van der Waals surface area contributed by atoms with Crippen LogP contribution < -0.4 is 10.6 Å². The van der Waals surface area contributed by atoms with E-state index in [0.717, 1.165) is 29.3 Å². The fourth-order valence-electron chi connectivity index (χ4n) is 2.72. The van der Waals surface area contributed by atoms with Crippen LogP contribution >= 0.6 is 15.9 Å². The summed E-state index contributed by atoms with van der Waals surface area (Å²) in [5.41, 5.74) is 0.582. The number of hydrogen-bond acceptors (Lipinski definition) is 2. The number of amides is 2. The van der Waals surface area contributed by atoms with E-state index in [2.05, 4.69) is 26.6 Å². The molecule has 5 nitrogen and oxygen atoms in total. The molecular weight excluding hydrogens is 336 g/mol. The number of urea groups is 1. The van der Waals surface area contributed by atoms with Gasteiger partial charge in [0.1, 0.15) is 5.54 Å². The second-order valence-electron chi connectivity index (χ2n) is 5.33. The summed E-state index contributed by atoms with van der Waals surface area (Å²) < 4.78 is 0.947. The molecule has 3 N–H and O–H groups in total. The smallest absolute Gasteiger partial charge is 0.329 e. The SMILES string of the molecule is CCc1cc(Br)ccc1NC(=O)NC1(C(=O)O)CCCC1. The lowest BCUT2D eigenvalue weighted by Gasteiger charge is -2.25. The molecule has 0 radical (unpaired) electrons. The molecule has 114 valence electrons. The van der Waals surface area contributed by atoms with Crippen molar-refractivity contribution >= 4 is 33.6 Å². The molecule has 0 aliphatic heterocycles. The molecule has 6 heteroatoms. The van der Waals surface area contributed by atoms with Crippen LogP contribution in [-0.2, 0) is 11.2 Å². The van der Waals surface area contributed by atoms with Crippen LogP contribution in [0.25, 0.3) is 0 Å². The van der Waals surface area contributed by atoms with Gasteiger partial charge in [-0.15, -0.1) is 0 Å². The van der Waals surface area contributed by atoms with Crippen LogP contribution in [-0.4, -0.2) is 22.6 Å². The number of benzene rings is 1. The third-order valence-corrected chi connectivity index (χ3v) is 4.41. The van der Waals surface area contributed by atoms with E-state index in [1.807, 2.05) is 25.1 Å². The van der Waals surface area contributed by atoms with Crippen molar-refractivity contribution in [1.82, 2.24) is 5.32 Å². The standard InChI is InChI=1S/C15H19BrN2O3/c1-2-10-9-11(16)5-6-12(10)17-14(21)18-15(13(19)20)7-3-4-8-15/h5-6,9H,2-4,7-8H2,1H3,(H,19,20)(H2,17,18,21). The number of carbonyl (C=O) groups excluding carboxylic acids is 1. The van der Waals surface area contributed by atoms with Crippen molar-refractivity contribution in [3.8, 4) is 0 Å². The second-order valence-corrected chi connectivity index (χ2v) is 6.24. The number of nitrogens with one attached hydrogen (secondary N) is 2. The van der Waals surface area contributed by atoms with Crippen LogP contribution in [0.5, 0.6) is 0 Å². The lowest BCUT2D eigenvalue weighted by Crippen LogP contribution is -2.53. The zero-order chi connectivity index (χ0) is 15.5. The summed E-state index contributed by atoms with van der Waals surface area (Å²) >= 11 is 3.40. The number of aliphatic carboxylic acids is 1. The predicted octanol–water partition coefficient (Wildman–Crippen LogP) is 3.53. The molecule has 0 heterocycles. The summed E-state index contributed by atoms with van der Waals surface area (Å²) in [6.07, 6.45) is 3.39. The molecule has 0 spiro atoms. The highest BCUT2D eigenvalue weighted by Crippen LogP contribution is 2.30. The van der Waals surface area contributed by atoms with E-state index in [9.17, 15) is 14.7 Å². The van der Waals surface area contributed by atoms with Crippen molar-refractivity contribution < 1.29 is 14.7 Å². The summed E-state index contributed by atoms with van der Waals surface area (Å²) in [5.74, 6) is -0.957. The third-order valence-electron chi connectivity index (χ3n) is 3.92. The van der Waals surface area contributed by atoms with Crippen molar-refractivity contribution in [3.05, 3.63) is 28.2 Å². The first kappa shape index (κ1) is 15.8. The minimum atomic E-state index is -1.12. The number of carboxylic acids is 1. The summed E-state index contributed by atoms with van der Waals surface area (Å²) in [6, 6.07) is 5.14. The molecule has 1 aromatic carbocycles. The number of carbonyl (C=O) groups is 2. The lowest BCUT2D eigenvalue weighted by molar-refractivity contribution is -0.144. The third kappa shape index (κ3) is 3.56. The van der Waals surface area contributed by atoms with Gasteiger partial charge in [0.25, 0.3) is 0 Å². The Hall–Kier alpha value is -1.56. The first-order valence-electron chi connectivity index (χ1n) is 7.08. The number of carboxylic acid groups (broad SMARTS) is 1. The Kier molecular flexibility index (Phi) is 4.88. The number of halogens is 1. The maximum Gasteiger partial charge on any atom is 0.329 e. The lowest BCUT2D eigenvalue weighted by atomic mass is 9.98. The Morgan fingerprint density at radius 2 is 2.00 bits per heavy atom. The topological polar surface area (TPSA) is 78.4 Å². The fourth-order valence-corrected chi connectivity index (χ4v) is 3.13. The molecule has 1 fully saturated rings. The molecule has 0 aromatic heterocycles. The Morgan fingerprint density at radius 3 is 2.57 bits per heavy atom. The van der Waals surface area contributed by atoms with E-state index in [4.69, 9.17) is 0 Å². The van der Waals surface area contributed by atoms with Gasteiger partial charge < -0.3 is 15.7 Å². The molecule has 0 unspecified atom stereocenters. The van der Waals surface area contributed by atoms with E-state index in [0.29, 0.717) is 18.5 Å². The monoisotopic (exact) mass is 354 g/mol. The zero-order valence-electron chi connectivity index (χ0n) is 11.9. The first-order valence-corrected chi connectivity index (χ1v) is 7.87. The quantitative estimate of drug-likeness (QED) is 0.773. The number of anilines is 1. The Morgan fingerprint density at radius 1 is 1.33 bits per heavy atom. The molecule has 1 saturated carbocycles. The Labute approximate surface area is 132 Å². The van der Waals surface area contributed by atoms with Crippen LogP contribution in [0, 0.1) is 0 Å². The molecule has 21 heavy (non-hydrogen) atoms. The van der Waals surface area contributed by atoms with Gasteiger partial charge in [0.2, 0.25) is 0 Å². The second kappa shape index (κ2) is 6.47. The minimum absolute atomic E-state index is 0.462. The summed E-state index contributed by atoms with van der Waals surface area (Å²) in [4.78, 5) is 23.6. The Balaban J connectivity index is 2.10. The van der Waals surface area contributed by atoms with Crippen LogP contribution in [0.4, 0.5) is 10.5 Å². The van der Waals surface area contributed by atoms with E-state index in [1.54, 1.807) is 0 Å². The largest absolute Gasteiger partial charge is 0.480 e. The summed E-state index contributed by atoms with van der Waals surface area (Å²) in [5, 5.41) is 14.8. The van der Waals surface area contributed by atoms with Gasteiger partial charge in [-0.25, -0.2) is 9.59 Å². The molecule has 2 rings (SSSR count). The molecule has 0 atom stereocenters. The molecule has 0 bridgehead atoms. The fraction of sp³-hybridized carbons (Fsp3) is 0.467. The molecular formula is C15H19BrN2O3. The van der Waals surface area contributed by atoms with Crippen molar-refractivity contribution in [2.45, 2.75) is 44.6 Å². The van der Waals surface area contributed by atoms with Crippen molar-refractivity contribution in [3.63, 3.8) is 0 Å². The average molecular weight is 355 g/mol. The Bertz CT molecular complexity index is 554. The van der Waals surface area contributed by atoms with E-state index in [-0.39, 0.29) is 0 Å². The normalized spacial score (nSPS) is 16.5. The van der Waals surface area contributed by atoms with Gasteiger partial charge >= 0.3 is 12.0 Å². The highest BCUT2D eigenvalue weighted by molar-refractivity contribution is 9.10. The molecule has 0 saturated heterocycles. The van der Waals surface area contributed by atoms with Crippen molar-refractivity contribution in [1.29, 1.82) is 0 Å². The molecule has 1 aromatic rings. The van der Waals surface area contributed by atoms with Crippen LogP contribution in [0.1, 0.15) is 38.2 Å². The summed E-state index contributed by atoms with van der Waals surface area (Å²) in [7, 11) is 0. The van der Waals surface area contributed by atoms with E-state index >= 15 is 0 Å². The number of hydrogen-bond donors (Lipinski definition) is 3. The highest BCUT2D eigenvalue weighted by atomic mass is 79.9. The number of aryl methyl sites for hydroxylation is 1. The van der Waals surface area contributed by atoms with Gasteiger partial charge in [-0.2, -0.15) is 0 Å². The van der Waals surface area contributed by atoms with Gasteiger partial charge in [0, 0.05) is 10.2 Å². The maximum absolute atomic E-state index is 12.1. The van der Waals surface area contributed by atoms with Gasteiger partial charge in [0.05, 0.1) is 0 Å². The minimum Gasteiger partial charge on any atom is -0.480 e. The molecule has 1 aliphatic carbocycles.